The molecule has 0 rings (SSSR count). The molecule has 0 heterocycles. The van der Waals surface area contributed by atoms with Crippen molar-refractivity contribution in [2.75, 3.05) is 14.1 Å². The quantitative estimate of drug-likeness (QED) is 0.304. The first-order chi connectivity index (χ1) is 14.2. The highest BCUT2D eigenvalue weighted by Gasteiger charge is 2.90. The van der Waals surface area contributed by atoms with Gasteiger partial charge in [0, 0.05) is 34.4 Å². The second-order valence-electron chi connectivity index (χ2n) is 7.37. The van der Waals surface area contributed by atoms with Crippen molar-refractivity contribution in [2.45, 2.75) is 68.6 Å². The Morgan fingerprint density at radius 1 is 0.636 bits per heavy atom. The molecule has 2 amide bonds. The van der Waals surface area contributed by atoms with E-state index in [0.717, 1.165) is 34.5 Å². The summed E-state index contributed by atoms with van der Waals surface area (Å²) < 4.78 is 173. The number of nitrogens with zero attached hydrogens (tertiary/aromatic N) is 2. The molecule has 0 radical (unpaired) electrons. The number of carbonyl (C=O) groups is 2. The third kappa shape index (κ3) is 4.89. The molecule has 33 heavy (non-hydrogen) atoms. The lowest BCUT2D eigenvalue weighted by Crippen LogP contribution is -2.70. The Morgan fingerprint density at radius 3 is 1.21 bits per heavy atom. The molecule has 0 aromatic rings. The topological polar surface area (TPSA) is 40.6 Å². The van der Waals surface area contributed by atoms with Crippen LogP contribution in [-0.2, 0) is 9.59 Å². The van der Waals surface area contributed by atoms with Gasteiger partial charge < -0.3 is 9.13 Å². The predicted octanol–water partition coefficient (Wildman–Crippen LogP) is 5.14. The van der Waals surface area contributed by atoms with E-state index in [1.165, 1.54) is 0 Å². The molecule has 18 heteroatoms. The monoisotopic (exact) mass is 534 g/mol. The summed E-state index contributed by atoms with van der Waals surface area (Å²) in [5.74, 6) is -39.1. The van der Waals surface area contributed by atoms with Gasteiger partial charge in [0.1, 0.15) is 0 Å². The Kier molecular flexibility index (Phi) is 8.32. The Hall–Kier alpha value is -1.75. The van der Waals surface area contributed by atoms with E-state index in [0.29, 0.717) is 9.13 Å². The van der Waals surface area contributed by atoms with Crippen molar-refractivity contribution in [1.82, 2.24) is 9.13 Å². The third-order valence-electron chi connectivity index (χ3n) is 5.30. The fraction of sp³-hybridized carbons (Fsp3) is 0.867. The molecule has 0 aromatic carbocycles. The van der Waals surface area contributed by atoms with E-state index in [9.17, 15) is 66.7 Å². The van der Waals surface area contributed by atoms with Crippen LogP contribution < -0.4 is 0 Å². The molecule has 0 aliphatic rings. The minimum atomic E-state index is -7.97. The Labute approximate surface area is 179 Å². The maximum Gasteiger partial charge on any atom is 0.460 e. The normalized spacial score (nSPS) is 14.8. The van der Waals surface area contributed by atoms with E-state index in [-0.39, 0.29) is 0 Å². The summed E-state index contributed by atoms with van der Waals surface area (Å²) in [4.78, 5) is 23.2. The van der Waals surface area contributed by atoms with Crippen molar-refractivity contribution < 1.29 is 66.7 Å². The molecule has 0 aromatic heterocycles. The molecular formula is C15H19F13N2O2Si. The Bertz CT molecular complexity index is 735. The number of rotatable bonds is 9. The molecule has 0 bridgehead atoms. The van der Waals surface area contributed by atoms with Gasteiger partial charge in [-0.1, -0.05) is 0 Å². The van der Waals surface area contributed by atoms with Crippen LogP contribution in [-0.4, -0.2) is 79.2 Å². The lowest BCUT2D eigenvalue weighted by atomic mass is 9.93. The van der Waals surface area contributed by atoms with Crippen LogP contribution in [0.3, 0.4) is 0 Å². The highest BCUT2D eigenvalue weighted by molar-refractivity contribution is 6.77. The summed E-state index contributed by atoms with van der Waals surface area (Å²) >= 11 is 0. The van der Waals surface area contributed by atoms with Crippen molar-refractivity contribution in [2.24, 2.45) is 0 Å². The summed E-state index contributed by atoms with van der Waals surface area (Å²) in [6.07, 6.45) is -9.95. The zero-order valence-corrected chi connectivity index (χ0v) is 18.5. The average Bonchev–Trinajstić information content (AvgIpc) is 2.62. The molecular weight excluding hydrogens is 515 g/mol. The summed E-state index contributed by atoms with van der Waals surface area (Å²) in [5.41, 5.74) is 0. The predicted molar refractivity (Wildman–Crippen MR) is 88.7 cm³/mol. The lowest BCUT2D eigenvalue weighted by Gasteiger charge is -2.44. The van der Waals surface area contributed by atoms with Crippen LogP contribution in [0.1, 0.15) is 20.3 Å². The molecule has 0 fully saturated rings. The van der Waals surface area contributed by atoms with Crippen LogP contribution in [0.5, 0.6) is 0 Å². The second kappa shape index (κ2) is 8.79. The minimum absolute atomic E-state index is 0.674. The van der Waals surface area contributed by atoms with Gasteiger partial charge in [0.25, 0.3) is 8.40 Å². The van der Waals surface area contributed by atoms with Gasteiger partial charge in [-0.2, -0.15) is 57.1 Å². The largest absolute Gasteiger partial charge is 0.460 e. The SMILES string of the molecule is CC(=O)N(C)[Si](C)(CCC(F)(F)C(F)(F)C(F)(F)C(F)(F)C(F)(F)C(F)(F)F)N(C)C(C)=O. The molecule has 0 N–H and O–H groups in total. The van der Waals surface area contributed by atoms with Gasteiger partial charge in [0.05, 0.1) is 0 Å². The first kappa shape index (κ1) is 31.2. The van der Waals surface area contributed by atoms with Crippen LogP contribution in [0.25, 0.3) is 0 Å². The summed E-state index contributed by atoms with van der Waals surface area (Å²) in [6.45, 7) is 2.69. The van der Waals surface area contributed by atoms with Crippen molar-refractivity contribution in [3.63, 3.8) is 0 Å². The number of hydrogen-bond acceptors (Lipinski definition) is 2. The van der Waals surface area contributed by atoms with E-state index in [1.807, 2.05) is 0 Å². The molecule has 0 atom stereocenters. The van der Waals surface area contributed by atoms with Crippen LogP contribution in [0.15, 0.2) is 0 Å². The van der Waals surface area contributed by atoms with Crippen molar-refractivity contribution in [1.29, 1.82) is 0 Å². The molecule has 0 aliphatic carbocycles. The minimum Gasteiger partial charge on any atom is -0.354 e. The van der Waals surface area contributed by atoms with E-state index in [4.69, 9.17) is 0 Å². The van der Waals surface area contributed by atoms with Crippen LogP contribution in [0, 0.1) is 0 Å². The number of amides is 2. The molecule has 0 saturated heterocycles. The van der Waals surface area contributed by atoms with Gasteiger partial charge in [-0.15, -0.1) is 0 Å². The number of alkyl halides is 13. The van der Waals surface area contributed by atoms with Crippen LogP contribution in [0.2, 0.25) is 12.6 Å². The van der Waals surface area contributed by atoms with Crippen molar-refractivity contribution in [3.05, 3.63) is 0 Å². The zero-order chi connectivity index (χ0) is 27.2. The Morgan fingerprint density at radius 2 is 0.939 bits per heavy atom. The van der Waals surface area contributed by atoms with E-state index in [2.05, 4.69) is 0 Å². The van der Waals surface area contributed by atoms with Gasteiger partial charge in [-0.3, -0.25) is 9.59 Å². The first-order valence-electron chi connectivity index (χ1n) is 8.61. The number of halogens is 13. The fourth-order valence-corrected chi connectivity index (χ4v) is 5.86. The summed E-state index contributed by atoms with van der Waals surface area (Å²) in [5, 5.41) is 0. The van der Waals surface area contributed by atoms with Gasteiger partial charge in [-0.25, -0.2) is 0 Å². The molecule has 4 nitrogen and oxygen atoms in total. The molecule has 0 spiro atoms. The third-order valence-corrected chi connectivity index (χ3v) is 10.0. The second-order valence-corrected chi connectivity index (χ2v) is 11.6. The fourth-order valence-electron chi connectivity index (χ4n) is 2.59. The number of carbonyl (C=O) groups excluding carboxylic acids is 2. The van der Waals surface area contributed by atoms with Crippen LogP contribution in [0.4, 0.5) is 57.1 Å². The molecule has 0 unspecified atom stereocenters. The van der Waals surface area contributed by atoms with Crippen molar-refractivity contribution in [3.8, 4) is 0 Å². The molecule has 0 saturated carbocycles. The van der Waals surface area contributed by atoms with E-state index in [1.54, 1.807) is 0 Å². The first-order valence-corrected chi connectivity index (χ1v) is 11.2. The average molecular weight is 534 g/mol. The van der Waals surface area contributed by atoms with Crippen LogP contribution >= 0.6 is 0 Å². The number of hydrogen-bond donors (Lipinski definition) is 0. The maximum absolute atomic E-state index is 14.1. The maximum atomic E-state index is 14.1. The van der Waals surface area contributed by atoms with Gasteiger partial charge in [-0.05, 0) is 12.6 Å². The smallest absolute Gasteiger partial charge is 0.354 e. The summed E-state index contributed by atoms with van der Waals surface area (Å²) in [7, 11) is -2.17. The van der Waals surface area contributed by atoms with E-state index < -0.39 is 68.5 Å². The van der Waals surface area contributed by atoms with Gasteiger partial charge in [0.15, 0.2) is 0 Å². The highest BCUT2D eigenvalue weighted by Crippen LogP contribution is 2.61. The van der Waals surface area contributed by atoms with Gasteiger partial charge >= 0.3 is 35.8 Å². The Balaban J connectivity index is 6.37. The van der Waals surface area contributed by atoms with Crippen molar-refractivity contribution >= 4 is 20.2 Å². The highest BCUT2D eigenvalue weighted by atomic mass is 28.3. The summed E-state index contributed by atoms with van der Waals surface area (Å²) in [6, 6.07) is -1.36. The standard InChI is InChI=1S/C15H19F13N2O2Si/c1-8(31)29(3)33(5,30(4)9(2)32)7-6-10(16,17)11(18,19)12(20,21)13(22,23)14(24,25)15(26,27)28/h6-7H2,1-5H3. The molecule has 196 valence electrons. The molecule has 0 aliphatic heterocycles. The van der Waals surface area contributed by atoms with Gasteiger partial charge in [0.2, 0.25) is 11.8 Å². The lowest BCUT2D eigenvalue weighted by molar-refractivity contribution is -0.439. The van der Waals surface area contributed by atoms with E-state index >= 15 is 0 Å². The zero-order valence-electron chi connectivity index (χ0n) is 17.5.